The van der Waals surface area contributed by atoms with Crippen LogP contribution in [0.5, 0.6) is 0 Å². The Morgan fingerprint density at radius 3 is 2.86 bits per heavy atom. The molecule has 1 heteroatoms. The Hall–Kier alpha value is -1.76. The largest absolute Gasteiger partial charge is 0.355 e. The highest BCUT2D eigenvalue weighted by molar-refractivity contribution is 6.07. The minimum atomic E-state index is 1.17. The number of aromatic nitrogens is 1. The van der Waals surface area contributed by atoms with Crippen molar-refractivity contribution in [1.82, 2.24) is 4.98 Å². The molecule has 67 valence electrons. The molecule has 1 radical (unpaired) electrons. The zero-order valence-corrected chi connectivity index (χ0v) is 7.96. The summed E-state index contributed by atoms with van der Waals surface area (Å²) < 4.78 is 0. The van der Waals surface area contributed by atoms with Crippen molar-refractivity contribution in [3.63, 3.8) is 0 Å². The Kier molecular flexibility index (Phi) is 1.42. The SMILES string of the molecule is Cc1[c]cc2c(c1)[nH]c1ccccc12. The fourth-order valence-electron chi connectivity index (χ4n) is 1.90. The molecule has 14 heavy (non-hydrogen) atoms. The predicted molar refractivity (Wildman–Crippen MR) is 59.4 cm³/mol. The molecular weight excluding hydrogens is 170 g/mol. The van der Waals surface area contributed by atoms with Gasteiger partial charge in [-0.25, -0.2) is 0 Å². The number of hydrogen-bond donors (Lipinski definition) is 1. The van der Waals surface area contributed by atoms with Crippen LogP contribution in [0.3, 0.4) is 0 Å². The van der Waals surface area contributed by atoms with Crippen LogP contribution in [-0.2, 0) is 0 Å². The number of hydrogen-bond acceptors (Lipinski definition) is 0. The summed E-state index contributed by atoms with van der Waals surface area (Å²) in [5.41, 5.74) is 3.56. The number of fused-ring (bicyclic) bond motifs is 3. The molecule has 1 N–H and O–H groups in total. The maximum absolute atomic E-state index is 3.40. The van der Waals surface area contributed by atoms with Crippen LogP contribution >= 0.6 is 0 Å². The molecule has 1 nitrogen and oxygen atoms in total. The summed E-state index contributed by atoms with van der Waals surface area (Å²) in [6.07, 6.45) is 0. The molecule has 0 saturated heterocycles. The third-order valence-electron chi connectivity index (χ3n) is 2.58. The highest BCUT2D eigenvalue weighted by atomic mass is 14.7. The molecule has 1 aromatic heterocycles. The van der Waals surface area contributed by atoms with Crippen molar-refractivity contribution < 1.29 is 0 Å². The third kappa shape index (κ3) is 0.956. The van der Waals surface area contributed by atoms with Crippen molar-refractivity contribution in [3.8, 4) is 0 Å². The summed E-state index contributed by atoms with van der Waals surface area (Å²) in [6, 6.07) is 15.8. The second-order valence-electron chi connectivity index (χ2n) is 3.61. The van der Waals surface area contributed by atoms with Crippen molar-refractivity contribution in [3.05, 3.63) is 48.0 Å². The lowest BCUT2D eigenvalue weighted by atomic mass is 10.1. The average Bonchev–Trinajstić information content (AvgIpc) is 2.54. The summed E-state index contributed by atoms with van der Waals surface area (Å²) >= 11 is 0. The molecule has 0 aliphatic heterocycles. The van der Waals surface area contributed by atoms with Gasteiger partial charge in [-0.1, -0.05) is 18.2 Å². The summed E-state index contributed by atoms with van der Waals surface area (Å²) in [7, 11) is 0. The Bertz CT molecular complexity index is 605. The minimum Gasteiger partial charge on any atom is -0.355 e. The summed E-state index contributed by atoms with van der Waals surface area (Å²) in [5.74, 6) is 0. The van der Waals surface area contributed by atoms with E-state index in [1.165, 1.54) is 27.4 Å². The van der Waals surface area contributed by atoms with E-state index >= 15 is 0 Å². The van der Waals surface area contributed by atoms with Gasteiger partial charge < -0.3 is 4.98 Å². The van der Waals surface area contributed by atoms with Crippen LogP contribution in [-0.4, -0.2) is 4.98 Å². The number of aryl methyl sites for hydroxylation is 1. The standard InChI is InChI=1S/C13H10N/c1-9-6-7-11-10-4-2-3-5-12(10)14-13(11)8-9/h2-5,7-8,14H,1H3. The number of para-hydroxylation sites is 1. The van der Waals surface area contributed by atoms with E-state index in [2.05, 4.69) is 48.3 Å². The Labute approximate surface area is 82.4 Å². The van der Waals surface area contributed by atoms with Gasteiger partial charge in [0.05, 0.1) is 0 Å². The zero-order chi connectivity index (χ0) is 9.54. The summed E-state index contributed by atoms with van der Waals surface area (Å²) in [5, 5.41) is 2.53. The molecule has 0 spiro atoms. The van der Waals surface area contributed by atoms with E-state index < -0.39 is 0 Å². The van der Waals surface area contributed by atoms with Crippen LogP contribution in [0.25, 0.3) is 21.8 Å². The number of H-pyrrole nitrogens is 1. The van der Waals surface area contributed by atoms with E-state index in [1.54, 1.807) is 0 Å². The fourth-order valence-corrected chi connectivity index (χ4v) is 1.90. The average molecular weight is 180 g/mol. The highest BCUT2D eigenvalue weighted by Crippen LogP contribution is 2.25. The van der Waals surface area contributed by atoms with Crippen LogP contribution in [0.4, 0.5) is 0 Å². The second-order valence-corrected chi connectivity index (χ2v) is 3.61. The molecule has 1 heterocycles. The van der Waals surface area contributed by atoms with E-state index in [-0.39, 0.29) is 0 Å². The normalized spacial score (nSPS) is 11.2. The first-order valence-electron chi connectivity index (χ1n) is 4.73. The summed E-state index contributed by atoms with van der Waals surface area (Å²) in [4.78, 5) is 3.40. The van der Waals surface area contributed by atoms with E-state index in [9.17, 15) is 0 Å². The topological polar surface area (TPSA) is 15.8 Å². The maximum Gasteiger partial charge on any atom is 0.0467 e. The van der Waals surface area contributed by atoms with Crippen LogP contribution < -0.4 is 0 Å². The van der Waals surface area contributed by atoms with Crippen LogP contribution in [0.1, 0.15) is 5.56 Å². The third-order valence-corrected chi connectivity index (χ3v) is 2.58. The van der Waals surface area contributed by atoms with E-state index in [4.69, 9.17) is 0 Å². The van der Waals surface area contributed by atoms with Gasteiger partial charge in [0.25, 0.3) is 0 Å². The maximum atomic E-state index is 3.40. The molecule has 3 rings (SSSR count). The van der Waals surface area contributed by atoms with Gasteiger partial charge in [0, 0.05) is 21.8 Å². The molecule has 0 fully saturated rings. The van der Waals surface area contributed by atoms with Crippen LogP contribution in [0.2, 0.25) is 0 Å². The van der Waals surface area contributed by atoms with Crippen LogP contribution in [0.15, 0.2) is 36.4 Å². The van der Waals surface area contributed by atoms with Gasteiger partial charge >= 0.3 is 0 Å². The van der Waals surface area contributed by atoms with Crippen molar-refractivity contribution in [2.45, 2.75) is 6.92 Å². The first-order valence-corrected chi connectivity index (χ1v) is 4.73. The molecule has 0 atom stereocenters. The lowest BCUT2D eigenvalue weighted by Gasteiger charge is -1.91. The lowest BCUT2D eigenvalue weighted by Crippen LogP contribution is -1.71. The Balaban J connectivity index is 2.57. The first kappa shape index (κ1) is 7.63. The number of nitrogens with one attached hydrogen (secondary N) is 1. The molecule has 0 aliphatic rings. The van der Waals surface area contributed by atoms with Gasteiger partial charge in [0.1, 0.15) is 0 Å². The molecule has 0 saturated carbocycles. The smallest absolute Gasteiger partial charge is 0.0467 e. The molecule has 0 bridgehead atoms. The Morgan fingerprint density at radius 2 is 1.93 bits per heavy atom. The van der Waals surface area contributed by atoms with Crippen LogP contribution in [0, 0.1) is 13.0 Å². The van der Waals surface area contributed by atoms with Crippen molar-refractivity contribution in [2.75, 3.05) is 0 Å². The van der Waals surface area contributed by atoms with Gasteiger partial charge in [-0.15, -0.1) is 0 Å². The van der Waals surface area contributed by atoms with Gasteiger partial charge in [0.2, 0.25) is 0 Å². The fraction of sp³-hybridized carbons (Fsp3) is 0.0769. The van der Waals surface area contributed by atoms with E-state index in [0.717, 1.165) is 0 Å². The molecule has 0 aliphatic carbocycles. The molecule has 3 aromatic rings. The molecule has 0 unspecified atom stereocenters. The number of aromatic amines is 1. The summed E-state index contributed by atoms with van der Waals surface area (Å²) in [6.45, 7) is 2.06. The second kappa shape index (κ2) is 2.61. The van der Waals surface area contributed by atoms with Gasteiger partial charge in [0.15, 0.2) is 0 Å². The zero-order valence-electron chi connectivity index (χ0n) is 7.96. The monoisotopic (exact) mass is 180 g/mol. The van der Waals surface area contributed by atoms with Crippen molar-refractivity contribution >= 4 is 21.8 Å². The predicted octanol–water partition coefficient (Wildman–Crippen LogP) is 3.43. The Morgan fingerprint density at radius 1 is 1.07 bits per heavy atom. The minimum absolute atomic E-state index is 1.17. The first-order chi connectivity index (χ1) is 6.84. The van der Waals surface area contributed by atoms with Gasteiger partial charge in [-0.05, 0) is 36.8 Å². The van der Waals surface area contributed by atoms with Crippen molar-refractivity contribution in [1.29, 1.82) is 0 Å². The van der Waals surface area contributed by atoms with E-state index in [0.29, 0.717) is 0 Å². The number of benzene rings is 2. The highest BCUT2D eigenvalue weighted by Gasteiger charge is 2.02. The molecular formula is C13H10N. The van der Waals surface area contributed by atoms with Gasteiger partial charge in [-0.2, -0.15) is 0 Å². The molecule has 0 amide bonds. The molecule has 2 aromatic carbocycles. The number of rotatable bonds is 0. The van der Waals surface area contributed by atoms with E-state index in [1.807, 2.05) is 6.07 Å². The lowest BCUT2D eigenvalue weighted by molar-refractivity contribution is 1.46. The van der Waals surface area contributed by atoms with Crippen molar-refractivity contribution in [2.24, 2.45) is 0 Å². The quantitative estimate of drug-likeness (QED) is 0.545. The van der Waals surface area contributed by atoms with Gasteiger partial charge in [-0.3, -0.25) is 0 Å².